The van der Waals surface area contributed by atoms with Gasteiger partial charge in [0.1, 0.15) is 12.4 Å². The van der Waals surface area contributed by atoms with Crippen LogP contribution >= 0.6 is 11.6 Å². The Morgan fingerprint density at radius 3 is 2.19 bits per heavy atom. The van der Waals surface area contributed by atoms with Crippen molar-refractivity contribution < 1.29 is 14.3 Å². The minimum Gasteiger partial charge on any atom is -0.492 e. The van der Waals surface area contributed by atoms with E-state index in [1.54, 1.807) is 42.5 Å². The molecule has 0 saturated carbocycles. The van der Waals surface area contributed by atoms with E-state index in [1.165, 1.54) is 0 Å². The molecule has 0 N–H and O–H groups in total. The highest BCUT2D eigenvalue weighted by atomic mass is 35.5. The summed E-state index contributed by atoms with van der Waals surface area (Å²) < 4.78 is 7.91. The van der Waals surface area contributed by atoms with Gasteiger partial charge in [-0.2, -0.15) is 0 Å². The van der Waals surface area contributed by atoms with Gasteiger partial charge in [-0.1, -0.05) is 54.1 Å². The molecule has 0 atom stereocenters. The van der Waals surface area contributed by atoms with Crippen molar-refractivity contribution in [2.45, 2.75) is 6.54 Å². The molecular formula is C26H18ClNO3. The quantitative estimate of drug-likeness (QED) is 0.297. The molecule has 0 saturated heterocycles. The number of nitrogens with zero attached hydrogens (tertiary/aromatic N) is 1. The van der Waals surface area contributed by atoms with Gasteiger partial charge in [-0.15, -0.1) is 0 Å². The summed E-state index contributed by atoms with van der Waals surface area (Å²) in [6, 6.07) is 22.1. The molecule has 31 heavy (non-hydrogen) atoms. The molecule has 0 amide bonds. The SMILES string of the molecule is O=C1C(=Cc2cn(CCOc3ccc(Cl)cc3)c3ccccc23)C(=O)c2ccccc21. The van der Waals surface area contributed by atoms with Crippen LogP contribution in [-0.4, -0.2) is 22.7 Å². The summed E-state index contributed by atoms with van der Waals surface area (Å²) in [7, 11) is 0. The van der Waals surface area contributed by atoms with E-state index in [0.29, 0.717) is 29.3 Å². The Morgan fingerprint density at radius 2 is 1.48 bits per heavy atom. The average molecular weight is 428 g/mol. The van der Waals surface area contributed by atoms with Crippen LogP contribution in [0.25, 0.3) is 17.0 Å². The molecule has 0 radical (unpaired) electrons. The molecule has 4 aromatic rings. The van der Waals surface area contributed by atoms with Gasteiger partial charge < -0.3 is 9.30 Å². The molecule has 0 bridgehead atoms. The number of halogens is 1. The fourth-order valence-electron chi connectivity index (χ4n) is 3.93. The van der Waals surface area contributed by atoms with Crippen LogP contribution in [0, 0.1) is 0 Å². The Kier molecular flexibility index (Phi) is 4.92. The van der Waals surface area contributed by atoms with Crippen molar-refractivity contribution >= 4 is 40.1 Å². The van der Waals surface area contributed by atoms with E-state index in [-0.39, 0.29) is 17.1 Å². The monoisotopic (exact) mass is 427 g/mol. The molecule has 0 aliphatic heterocycles. The zero-order chi connectivity index (χ0) is 21.4. The van der Waals surface area contributed by atoms with Crippen LogP contribution in [-0.2, 0) is 6.54 Å². The van der Waals surface area contributed by atoms with E-state index in [9.17, 15) is 9.59 Å². The fourth-order valence-corrected chi connectivity index (χ4v) is 4.05. The lowest BCUT2D eigenvalue weighted by Crippen LogP contribution is -2.07. The molecule has 0 fully saturated rings. The van der Waals surface area contributed by atoms with Gasteiger partial charge in [0.2, 0.25) is 0 Å². The number of benzene rings is 3. The van der Waals surface area contributed by atoms with Gasteiger partial charge in [0, 0.05) is 38.8 Å². The second-order valence-electron chi connectivity index (χ2n) is 7.36. The minimum absolute atomic E-state index is 0.210. The van der Waals surface area contributed by atoms with Crippen LogP contribution < -0.4 is 4.74 Å². The van der Waals surface area contributed by atoms with Crippen LogP contribution in [0.15, 0.2) is 84.6 Å². The first-order valence-electron chi connectivity index (χ1n) is 9.98. The van der Waals surface area contributed by atoms with Gasteiger partial charge in [-0.25, -0.2) is 0 Å². The third-order valence-corrected chi connectivity index (χ3v) is 5.69. The maximum absolute atomic E-state index is 12.8. The third kappa shape index (κ3) is 3.56. The molecule has 0 spiro atoms. The topological polar surface area (TPSA) is 48.3 Å². The number of hydrogen-bond acceptors (Lipinski definition) is 3. The number of fused-ring (bicyclic) bond motifs is 2. The minimum atomic E-state index is -0.219. The van der Waals surface area contributed by atoms with Crippen LogP contribution in [0.1, 0.15) is 26.3 Å². The number of aromatic nitrogens is 1. The molecule has 1 aromatic heterocycles. The van der Waals surface area contributed by atoms with E-state index >= 15 is 0 Å². The molecule has 5 heteroatoms. The Hall–Kier alpha value is -3.63. The Labute approximate surface area is 184 Å². The van der Waals surface area contributed by atoms with E-state index in [2.05, 4.69) is 4.57 Å². The van der Waals surface area contributed by atoms with Crippen molar-refractivity contribution in [2.75, 3.05) is 6.61 Å². The highest BCUT2D eigenvalue weighted by molar-refractivity contribution is 6.41. The van der Waals surface area contributed by atoms with Gasteiger partial charge in [-0.05, 0) is 36.4 Å². The van der Waals surface area contributed by atoms with Gasteiger partial charge in [0.15, 0.2) is 11.6 Å². The largest absolute Gasteiger partial charge is 0.492 e. The van der Waals surface area contributed by atoms with E-state index in [1.807, 2.05) is 42.6 Å². The number of hydrogen-bond donors (Lipinski definition) is 0. The van der Waals surface area contributed by atoms with Crippen molar-refractivity contribution in [3.63, 3.8) is 0 Å². The van der Waals surface area contributed by atoms with E-state index in [4.69, 9.17) is 16.3 Å². The first-order chi connectivity index (χ1) is 15.1. The lowest BCUT2D eigenvalue weighted by Gasteiger charge is -2.08. The van der Waals surface area contributed by atoms with Crippen molar-refractivity contribution in [1.82, 2.24) is 4.57 Å². The predicted octanol–water partition coefficient (Wildman–Crippen LogP) is 5.84. The fraction of sp³-hybridized carbons (Fsp3) is 0.0769. The lowest BCUT2D eigenvalue weighted by molar-refractivity contribution is 0.0990. The smallest absolute Gasteiger partial charge is 0.197 e. The molecule has 1 aliphatic carbocycles. The second-order valence-corrected chi connectivity index (χ2v) is 7.80. The van der Waals surface area contributed by atoms with Crippen LogP contribution in [0.3, 0.4) is 0 Å². The van der Waals surface area contributed by atoms with E-state index in [0.717, 1.165) is 22.2 Å². The molecule has 152 valence electrons. The van der Waals surface area contributed by atoms with Gasteiger partial charge in [0.05, 0.1) is 12.1 Å². The standard InChI is InChI=1S/C26H18ClNO3/c27-18-9-11-19(12-10-18)31-14-13-28-16-17(20-5-3-4-8-24(20)28)15-23-25(29)21-6-1-2-7-22(21)26(23)30/h1-12,15-16H,13-14H2. The van der Waals surface area contributed by atoms with Gasteiger partial charge >= 0.3 is 0 Å². The second kappa shape index (κ2) is 7.89. The maximum Gasteiger partial charge on any atom is 0.197 e. The molecule has 0 unspecified atom stereocenters. The number of para-hydroxylation sites is 1. The third-order valence-electron chi connectivity index (χ3n) is 5.44. The van der Waals surface area contributed by atoms with Crippen molar-refractivity contribution in [1.29, 1.82) is 0 Å². The number of ether oxygens (including phenoxy) is 1. The first-order valence-corrected chi connectivity index (χ1v) is 10.4. The van der Waals surface area contributed by atoms with Crippen molar-refractivity contribution in [3.8, 4) is 5.75 Å². The van der Waals surface area contributed by atoms with Crippen molar-refractivity contribution in [2.24, 2.45) is 0 Å². The Bertz CT molecular complexity index is 1310. The molecule has 5 rings (SSSR count). The first kappa shape index (κ1) is 19.3. The number of Topliss-reactive ketones (excluding diaryl/α,β-unsaturated/α-hetero) is 2. The predicted molar refractivity (Wildman–Crippen MR) is 122 cm³/mol. The van der Waals surface area contributed by atoms with Crippen LogP contribution in [0.5, 0.6) is 5.75 Å². The molecule has 3 aromatic carbocycles. The summed E-state index contributed by atoms with van der Waals surface area (Å²) in [6.45, 7) is 1.09. The number of rotatable bonds is 5. The molecule has 4 nitrogen and oxygen atoms in total. The number of carbonyl (C=O) groups excluding carboxylic acids is 2. The van der Waals surface area contributed by atoms with Gasteiger partial charge in [0.25, 0.3) is 0 Å². The Morgan fingerprint density at radius 1 is 0.839 bits per heavy atom. The highest BCUT2D eigenvalue weighted by Gasteiger charge is 2.32. The van der Waals surface area contributed by atoms with Crippen LogP contribution in [0.4, 0.5) is 0 Å². The number of ketones is 2. The lowest BCUT2D eigenvalue weighted by atomic mass is 10.1. The zero-order valence-electron chi connectivity index (χ0n) is 16.5. The Balaban J connectivity index is 1.44. The number of carbonyl (C=O) groups is 2. The summed E-state index contributed by atoms with van der Waals surface area (Å²) in [4.78, 5) is 25.6. The average Bonchev–Trinajstić information content (AvgIpc) is 3.26. The highest BCUT2D eigenvalue weighted by Crippen LogP contribution is 2.30. The summed E-state index contributed by atoms with van der Waals surface area (Å²) in [5.41, 5.74) is 3.01. The van der Waals surface area contributed by atoms with E-state index < -0.39 is 0 Å². The summed E-state index contributed by atoms with van der Waals surface area (Å²) in [6.07, 6.45) is 3.68. The molecular weight excluding hydrogens is 410 g/mol. The summed E-state index contributed by atoms with van der Waals surface area (Å²) >= 11 is 5.92. The molecule has 1 heterocycles. The van der Waals surface area contributed by atoms with Crippen molar-refractivity contribution in [3.05, 3.63) is 106 Å². The summed E-state index contributed by atoms with van der Waals surface area (Å²) in [5, 5.41) is 1.65. The summed E-state index contributed by atoms with van der Waals surface area (Å²) in [5.74, 6) is 0.315. The normalized spacial score (nSPS) is 13.0. The zero-order valence-corrected chi connectivity index (χ0v) is 17.3. The van der Waals surface area contributed by atoms with Crippen LogP contribution in [0.2, 0.25) is 5.02 Å². The molecule has 1 aliphatic rings. The number of allylic oxidation sites excluding steroid dienone is 1. The van der Waals surface area contributed by atoms with Gasteiger partial charge in [-0.3, -0.25) is 9.59 Å². The maximum atomic E-state index is 12.8.